The van der Waals surface area contributed by atoms with Crippen LogP contribution in [0.4, 0.5) is 0 Å². The number of benzene rings is 1. The largest absolute Gasteiger partial charge is 0.491 e. The summed E-state index contributed by atoms with van der Waals surface area (Å²) in [6.45, 7) is 4.04. The van der Waals surface area contributed by atoms with Crippen LogP contribution < -0.4 is 10.2 Å². The third-order valence-electron chi connectivity index (χ3n) is 2.44. The monoisotopic (exact) mass is 211 g/mol. The summed E-state index contributed by atoms with van der Waals surface area (Å²) in [5.41, 5.74) is 0.734. The average Bonchev–Trinajstić information content (AvgIpc) is 2.29. The maximum Gasteiger partial charge on any atom is 0.264 e. The Bertz CT molecular complexity index is 358. The topological polar surface area (TPSA) is 33.0 Å². The van der Waals surface area contributed by atoms with Gasteiger partial charge in [-0.2, -0.15) is 0 Å². The van der Waals surface area contributed by atoms with E-state index in [1.165, 1.54) is 0 Å². The fraction of sp³-hybridized carbons (Fsp3) is 0.417. The second-order valence-electron chi connectivity index (χ2n) is 4.11. The summed E-state index contributed by atoms with van der Waals surface area (Å²) in [6.07, 6.45) is 1.88. The van der Waals surface area contributed by atoms with Crippen molar-refractivity contribution in [3.05, 3.63) is 24.3 Å². The molecule has 2 nitrogen and oxygen atoms in total. The van der Waals surface area contributed by atoms with Crippen LogP contribution in [-0.2, 0) is 0 Å². The summed E-state index contributed by atoms with van der Waals surface area (Å²) in [5, 5.41) is 8.66. The molecule has 0 heterocycles. The van der Waals surface area contributed by atoms with Crippen molar-refractivity contribution in [3.8, 4) is 11.7 Å². The molecule has 1 atom stereocenters. The third kappa shape index (κ3) is 4.44. The van der Waals surface area contributed by atoms with Crippen molar-refractivity contribution < 1.29 is 4.74 Å². The van der Waals surface area contributed by atoms with Gasteiger partial charge in [0.1, 0.15) is 13.6 Å². The van der Waals surface area contributed by atoms with Gasteiger partial charge in [0.25, 0.3) is 6.71 Å². The van der Waals surface area contributed by atoms with Gasteiger partial charge in [0, 0.05) is 5.97 Å². The van der Waals surface area contributed by atoms with Crippen molar-refractivity contribution in [2.45, 2.75) is 32.6 Å². The number of ether oxygens (including phenoxy) is 1. The van der Waals surface area contributed by atoms with E-state index in [0.29, 0.717) is 0 Å². The lowest BCUT2D eigenvalue weighted by Gasteiger charge is -2.14. The van der Waals surface area contributed by atoms with E-state index in [4.69, 9.17) is 17.8 Å². The molecule has 16 heavy (non-hydrogen) atoms. The molecular formula is C12H15B2NO. The first-order chi connectivity index (χ1) is 7.61. The average molecular weight is 211 g/mol. The lowest BCUT2D eigenvalue weighted by Crippen LogP contribution is -2.15. The molecule has 0 spiro atoms. The van der Waals surface area contributed by atoms with Crippen molar-refractivity contribution >= 4 is 20.0 Å². The Morgan fingerprint density at radius 1 is 1.44 bits per heavy atom. The molecule has 2 radical (unpaired) electrons. The molecule has 1 unspecified atom stereocenters. The van der Waals surface area contributed by atoms with Crippen LogP contribution in [-0.4, -0.2) is 20.7 Å². The van der Waals surface area contributed by atoms with Crippen molar-refractivity contribution in [1.29, 1.82) is 5.26 Å². The van der Waals surface area contributed by atoms with Crippen LogP contribution in [0.3, 0.4) is 0 Å². The maximum atomic E-state index is 8.66. The Balaban J connectivity index is 2.37. The fourth-order valence-corrected chi connectivity index (χ4v) is 1.39. The Kier molecular flexibility index (Phi) is 4.98. The van der Waals surface area contributed by atoms with Gasteiger partial charge < -0.3 is 4.74 Å². The molecule has 0 amide bonds. The van der Waals surface area contributed by atoms with Gasteiger partial charge in [0.2, 0.25) is 0 Å². The van der Waals surface area contributed by atoms with Gasteiger partial charge in [-0.15, -0.1) is 0 Å². The molecular weight excluding hydrogens is 196 g/mol. The lowest BCUT2D eigenvalue weighted by atomic mass is 9.50. The van der Waals surface area contributed by atoms with Crippen LogP contribution in [0.5, 0.6) is 5.75 Å². The second-order valence-corrected chi connectivity index (χ2v) is 4.11. The quantitative estimate of drug-likeness (QED) is 0.695. The molecule has 0 aliphatic rings. The highest BCUT2D eigenvalue weighted by Crippen LogP contribution is 2.13. The molecule has 0 saturated carbocycles. The van der Waals surface area contributed by atoms with E-state index >= 15 is 0 Å². The number of rotatable bonds is 5. The van der Waals surface area contributed by atoms with Gasteiger partial charge in [-0.25, -0.2) is 5.26 Å². The summed E-state index contributed by atoms with van der Waals surface area (Å²) >= 11 is 0. The van der Waals surface area contributed by atoms with Gasteiger partial charge in [-0.1, -0.05) is 30.7 Å². The lowest BCUT2D eigenvalue weighted by molar-refractivity contribution is 0.217. The van der Waals surface area contributed by atoms with E-state index in [1.54, 1.807) is 0 Å². The second kappa shape index (κ2) is 6.27. The van der Waals surface area contributed by atoms with Crippen molar-refractivity contribution in [2.24, 2.45) is 0 Å². The third-order valence-corrected chi connectivity index (χ3v) is 2.44. The predicted octanol–water partition coefficient (Wildman–Crippen LogP) is 1.83. The van der Waals surface area contributed by atoms with Gasteiger partial charge in [0.05, 0.1) is 6.10 Å². The fourth-order valence-electron chi connectivity index (χ4n) is 1.39. The van der Waals surface area contributed by atoms with Crippen LogP contribution in [0.1, 0.15) is 13.3 Å². The normalized spacial score (nSPS) is 11.6. The zero-order chi connectivity index (χ0) is 12.0. The highest BCUT2D eigenvalue weighted by Gasteiger charge is 2.10. The first-order valence-corrected chi connectivity index (χ1v) is 5.53. The Morgan fingerprint density at radius 3 is 2.62 bits per heavy atom. The van der Waals surface area contributed by atoms with E-state index in [9.17, 15) is 0 Å². The van der Waals surface area contributed by atoms with Gasteiger partial charge >= 0.3 is 0 Å². The zero-order valence-corrected chi connectivity index (χ0v) is 9.81. The van der Waals surface area contributed by atoms with E-state index in [1.807, 2.05) is 38.0 Å². The summed E-state index contributed by atoms with van der Waals surface area (Å²) in [7, 11) is 5.58. The SMILES string of the molecule is [B]c1ccc(OC(C)CCB(C)C#N)cc1. The molecule has 1 aromatic carbocycles. The van der Waals surface area contributed by atoms with Gasteiger partial charge in [-0.05, 0) is 25.5 Å². The van der Waals surface area contributed by atoms with E-state index < -0.39 is 0 Å². The highest BCUT2D eigenvalue weighted by molar-refractivity contribution is 6.65. The maximum absolute atomic E-state index is 8.66. The van der Waals surface area contributed by atoms with Crippen LogP contribution in [0, 0.1) is 11.2 Å². The van der Waals surface area contributed by atoms with Crippen molar-refractivity contribution in [3.63, 3.8) is 0 Å². The zero-order valence-electron chi connectivity index (χ0n) is 9.81. The Labute approximate surface area is 99.1 Å². The van der Waals surface area contributed by atoms with Crippen LogP contribution in [0.2, 0.25) is 13.1 Å². The Morgan fingerprint density at radius 2 is 2.06 bits per heavy atom. The molecule has 80 valence electrons. The molecule has 0 saturated heterocycles. The van der Waals surface area contributed by atoms with Crippen LogP contribution in [0.15, 0.2) is 24.3 Å². The van der Waals surface area contributed by atoms with E-state index in [0.717, 1.165) is 24.0 Å². The minimum Gasteiger partial charge on any atom is -0.491 e. The van der Waals surface area contributed by atoms with E-state index in [2.05, 4.69) is 5.97 Å². The first-order valence-electron chi connectivity index (χ1n) is 5.53. The van der Waals surface area contributed by atoms with Gasteiger partial charge in [-0.3, -0.25) is 0 Å². The molecule has 0 aliphatic carbocycles. The molecule has 0 N–H and O–H groups in total. The summed E-state index contributed by atoms with van der Waals surface area (Å²) in [5.74, 6) is 3.04. The summed E-state index contributed by atoms with van der Waals surface area (Å²) in [4.78, 5) is 0. The first kappa shape index (κ1) is 12.7. The molecule has 1 rings (SSSR count). The highest BCUT2D eigenvalue weighted by atomic mass is 16.5. The number of nitriles is 1. The van der Waals surface area contributed by atoms with Gasteiger partial charge in [0.15, 0.2) is 0 Å². The molecule has 4 heteroatoms. The minimum absolute atomic E-state index is 0.0949. The van der Waals surface area contributed by atoms with Crippen LogP contribution in [0.25, 0.3) is 0 Å². The number of hydrogen-bond donors (Lipinski definition) is 0. The van der Waals surface area contributed by atoms with Crippen molar-refractivity contribution in [2.75, 3.05) is 0 Å². The molecule has 0 fully saturated rings. The minimum atomic E-state index is 0.0949. The van der Waals surface area contributed by atoms with E-state index in [-0.39, 0.29) is 12.8 Å². The molecule has 1 aromatic rings. The van der Waals surface area contributed by atoms with Crippen LogP contribution >= 0.6 is 0 Å². The predicted molar refractivity (Wildman–Crippen MR) is 68.6 cm³/mol. The molecule has 0 aliphatic heterocycles. The summed E-state index contributed by atoms with van der Waals surface area (Å²) in [6, 6.07) is 7.36. The molecule has 0 aromatic heterocycles. The standard InChI is InChI=1S/C12H15B2NO/c1-10(7-8-14(2)9-15)16-12-5-3-11(13)4-6-12/h3-6,10H,7-8H2,1-2H3. The molecule has 0 bridgehead atoms. The smallest absolute Gasteiger partial charge is 0.264 e. The number of nitrogens with zero attached hydrogens (tertiary/aromatic N) is 1. The van der Waals surface area contributed by atoms with Crippen molar-refractivity contribution in [1.82, 2.24) is 0 Å². The summed E-state index contributed by atoms with van der Waals surface area (Å²) < 4.78 is 5.70. The number of hydrogen-bond acceptors (Lipinski definition) is 2. The Hall–Kier alpha value is -1.36.